The Bertz CT molecular complexity index is 1280. The van der Waals surface area contributed by atoms with E-state index in [0.717, 1.165) is 53.4 Å². The van der Waals surface area contributed by atoms with Crippen LogP contribution in [0.15, 0.2) is 42.5 Å². The van der Waals surface area contributed by atoms with Gasteiger partial charge in [-0.25, -0.2) is 0 Å². The van der Waals surface area contributed by atoms with Gasteiger partial charge < -0.3 is 24.3 Å². The van der Waals surface area contributed by atoms with Crippen molar-refractivity contribution in [2.24, 2.45) is 0 Å². The second-order valence-electron chi connectivity index (χ2n) is 9.51. The van der Waals surface area contributed by atoms with Gasteiger partial charge in [0.05, 0.1) is 20.3 Å². The average molecular weight is 460 g/mol. The second kappa shape index (κ2) is 8.08. The molecule has 34 heavy (non-hydrogen) atoms. The van der Waals surface area contributed by atoms with Crippen LogP contribution in [-0.2, 0) is 16.0 Å². The molecule has 1 N–H and O–H groups in total. The van der Waals surface area contributed by atoms with Crippen molar-refractivity contribution in [2.75, 3.05) is 20.8 Å². The Kier molecular flexibility index (Phi) is 5.01. The van der Waals surface area contributed by atoms with Crippen LogP contribution in [-0.4, -0.2) is 59.4 Å². The van der Waals surface area contributed by atoms with Crippen LogP contribution in [0.1, 0.15) is 48.5 Å². The number of piperazine rings is 1. The molecule has 6 rings (SSSR count). The monoisotopic (exact) mass is 459 g/mol. The summed E-state index contributed by atoms with van der Waals surface area (Å²) < 4.78 is 11.0. The first kappa shape index (κ1) is 21.1. The number of hydrogen-bond donors (Lipinski definition) is 1. The minimum atomic E-state index is -0.508. The number of aromatic amines is 1. The van der Waals surface area contributed by atoms with Gasteiger partial charge in [-0.1, -0.05) is 37.1 Å². The van der Waals surface area contributed by atoms with Crippen LogP contribution >= 0.6 is 0 Å². The van der Waals surface area contributed by atoms with Crippen LogP contribution in [0.2, 0.25) is 0 Å². The fourth-order valence-corrected chi connectivity index (χ4v) is 6.18. The van der Waals surface area contributed by atoms with E-state index in [1.807, 2.05) is 46.2 Å². The lowest BCUT2D eigenvalue weighted by atomic mass is 9.85. The molecule has 7 heteroatoms. The number of aromatic nitrogens is 1. The average Bonchev–Trinajstić information content (AvgIpc) is 3.53. The molecular formula is C27H29N3O4. The van der Waals surface area contributed by atoms with Gasteiger partial charge in [0.25, 0.3) is 0 Å². The number of rotatable bonds is 4. The number of carbonyl (C=O) groups is 2. The Balaban J connectivity index is 1.51. The molecular weight excluding hydrogens is 430 g/mol. The molecule has 1 saturated carbocycles. The normalized spacial score (nSPS) is 22.8. The third-order valence-corrected chi connectivity index (χ3v) is 7.78. The minimum absolute atomic E-state index is 0.000547. The van der Waals surface area contributed by atoms with Crippen LogP contribution in [0.25, 0.3) is 10.9 Å². The maximum atomic E-state index is 13.8. The summed E-state index contributed by atoms with van der Waals surface area (Å²) in [5.41, 5.74) is 4.00. The van der Waals surface area contributed by atoms with Crippen molar-refractivity contribution in [1.82, 2.24) is 14.8 Å². The number of hydrogen-bond acceptors (Lipinski definition) is 4. The molecule has 2 fully saturated rings. The molecule has 1 aromatic heterocycles. The number of benzene rings is 2. The van der Waals surface area contributed by atoms with Crippen LogP contribution in [0.5, 0.6) is 11.5 Å². The number of ether oxygens (including phenoxy) is 2. The SMILES string of the molecule is COc1ccc(C2c3[nH]c4ccccc4c3CC3C(=O)N(C4CCCC4)CC(=O)N32)cc1OC. The molecule has 3 aliphatic rings. The summed E-state index contributed by atoms with van der Waals surface area (Å²) in [5, 5.41) is 1.11. The van der Waals surface area contributed by atoms with Gasteiger partial charge >= 0.3 is 0 Å². The van der Waals surface area contributed by atoms with Gasteiger partial charge in [-0.3, -0.25) is 9.59 Å². The first-order valence-corrected chi connectivity index (χ1v) is 12.0. The summed E-state index contributed by atoms with van der Waals surface area (Å²) in [6.45, 7) is 0.152. The molecule has 0 radical (unpaired) electrons. The summed E-state index contributed by atoms with van der Waals surface area (Å²) in [4.78, 5) is 34.8. The maximum absolute atomic E-state index is 13.8. The Hall–Kier alpha value is -3.48. The third-order valence-electron chi connectivity index (χ3n) is 7.78. The molecule has 2 unspecified atom stereocenters. The quantitative estimate of drug-likeness (QED) is 0.644. The molecule has 1 saturated heterocycles. The Morgan fingerprint density at radius 1 is 0.971 bits per heavy atom. The van der Waals surface area contributed by atoms with Crippen molar-refractivity contribution >= 4 is 22.7 Å². The lowest BCUT2D eigenvalue weighted by Gasteiger charge is -2.48. The van der Waals surface area contributed by atoms with Crippen molar-refractivity contribution in [3.63, 3.8) is 0 Å². The molecule has 3 heterocycles. The third kappa shape index (κ3) is 3.10. The molecule has 2 atom stereocenters. The first-order chi connectivity index (χ1) is 16.6. The number of methoxy groups -OCH3 is 2. The number of amides is 2. The van der Waals surface area contributed by atoms with Crippen LogP contribution in [0.4, 0.5) is 0 Å². The van der Waals surface area contributed by atoms with Crippen LogP contribution in [0.3, 0.4) is 0 Å². The molecule has 1 aliphatic carbocycles. The number of para-hydroxylation sites is 1. The first-order valence-electron chi connectivity index (χ1n) is 12.0. The Morgan fingerprint density at radius 3 is 2.50 bits per heavy atom. The standard InChI is InChI=1S/C27H29N3O4/c1-33-22-12-11-16(13-23(22)34-2)26-25-19(18-9-5-6-10-20(18)28-25)14-21-27(32)29(15-24(31)30(21)26)17-7-3-4-8-17/h5-6,9-13,17,21,26,28H,3-4,7-8,14-15H2,1-2H3. The summed E-state index contributed by atoms with van der Waals surface area (Å²) in [5.74, 6) is 1.31. The number of carbonyl (C=O) groups excluding carboxylic acids is 2. The highest BCUT2D eigenvalue weighted by Gasteiger charge is 2.49. The van der Waals surface area contributed by atoms with Crippen molar-refractivity contribution < 1.29 is 19.1 Å². The van der Waals surface area contributed by atoms with E-state index in [1.54, 1.807) is 14.2 Å². The summed E-state index contributed by atoms with van der Waals surface area (Å²) >= 11 is 0. The van der Waals surface area contributed by atoms with Crippen LogP contribution < -0.4 is 9.47 Å². The van der Waals surface area contributed by atoms with Crippen LogP contribution in [0, 0.1) is 0 Å². The molecule has 0 spiro atoms. The van der Waals surface area contributed by atoms with E-state index in [0.29, 0.717) is 17.9 Å². The fourth-order valence-electron chi connectivity index (χ4n) is 6.18. The molecule has 2 amide bonds. The number of nitrogens with zero attached hydrogens (tertiary/aromatic N) is 2. The summed E-state index contributed by atoms with van der Waals surface area (Å²) in [7, 11) is 3.21. The fraction of sp³-hybridized carbons (Fsp3) is 0.407. The minimum Gasteiger partial charge on any atom is -0.493 e. The van der Waals surface area contributed by atoms with Gasteiger partial charge in [0, 0.05) is 29.1 Å². The van der Waals surface area contributed by atoms with E-state index in [4.69, 9.17) is 9.47 Å². The molecule has 2 aromatic carbocycles. The van der Waals surface area contributed by atoms with Gasteiger partial charge in [-0.05, 0) is 42.2 Å². The smallest absolute Gasteiger partial charge is 0.246 e. The van der Waals surface area contributed by atoms with Gasteiger partial charge in [0.1, 0.15) is 12.6 Å². The predicted molar refractivity (Wildman–Crippen MR) is 128 cm³/mol. The lowest BCUT2D eigenvalue weighted by molar-refractivity contribution is -0.160. The van der Waals surface area contributed by atoms with E-state index in [2.05, 4.69) is 11.1 Å². The maximum Gasteiger partial charge on any atom is 0.246 e. The zero-order valence-corrected chi connectivity index (χ0v) is 19.5. The Morgan fingerprint density at radius 2 is 1.74 bits per heavy atom. The zero-order valence-electron chi connectivity index (χ0n) is 19.5. The number of fused-ring (bicyclic) bond motifs is 4. The summed E-state index contributed by atoms with van der Waals surface area (Å²) in [6.07, 6.45) is 4.75. The van der Waals surface area contributed by atoms with Crippen molar-refractivity contribution in [3.05, 3.63) is 59.3 Å². The highest BCUT2D eigenvalue weighted by atomic mass is 16.5. The lowest BCUT2D eigenvalue weighted by Crippen LogP contribution is -2.64. The molecule has 2 aliphatic heterocycles. The van der Waals surface area contributed by atoms with Gasteiger partial charge in [-0.15, -0.1) is 0 Å². The summed E-state index contributed by atoms with van der Waals surface area (Å²) in [6, 6.07) is 13.2. The van der Waals surface area contributed by atoms with Gasteiger partial charge in [0.15, 0.2) is 11.5 Å². The molecule has 0 bridgehead atoms. The number of nitrogens with one attached hydrogen (secondary N) is 1. The van der Waals surface area contributed by atoms with Crippen molar-refractivity contribution in [2.45, 2.75) is 50.2 Å². The highest BCUT2D eigenvalue weighted by molar-refractivity contribution is 5.98. The Labute approximate surface area is 198 Å². The topological polar surface area (TPSA) is 74.9 Å². The predicted octanol–water partition coefficient (Wildman–Crippen LogP) is 3.81. The van der Waals surface area contributed by atoms with Gasteiger partial charge in [-0.2, -0.15) is 0 Å². The molecule has 176 valence electrons. The molecule has 7 nitrogen and oxygen atoms in total. The van der Waals surface area contributed by atoms with E-state index >= 15 is 0 Å². The van der Waals surface area contributed by atoms with E-state index in [-0.39, 0.29) is 24.4 Å². The van der Waals surface area contributed by atoms with E-state index in [9.17, 15) is 9.59 Å². The van der Waals surface area contributed by atoms with Crippen molar-refractivity contribution in [1.29, 1.82) is 0 Å². The van der Waals surface area contributed by atoms with Crippen molar-refractivity contribution in [3.8, 4) is 11.5 Å². The second-order valence-corrected chi connectivity index (χ2v) is 9.51. The molecule has 3 aromatic rings. The zero-order chi connectivity index (χ0) is 23.4. The van der Waals surface area contributed by atoms with E-state index < -0.39 is 12.1 Å². The largest absolute Gasteiger partial charge is 0.493 e. The number of H-pyrrole nitrogens is 1. The highest BCUT2D eigenvalue weighted by Crippen LogP contribution is 2.44. The van der Waals surface area contributed by atoms with E-state index in [1.165, 1.54) is 0 Å². The van der Waals surface area contributed by atoms with Gasteiger partial charge in [0.2, 0.25) is 11.8 Å².